The summed E-state index contributed by atoms with van der Waals surface area (Å²) in [5, 5.41) is 4.48. The third kappa shape index (κ3) is 4.71. The molecule has 1 aromatic heterocycles. The number of pyridine rings is 1. The Balaban J connectivity index is 1.27. The van der Waals surface area contributed by atoms with Crippen LogP contribution >= 0.6 is 0 Å². The van der Waals surface area contributed by atoms with Gasteiger partial charge in [0.15, 0.2) is 5.82 Å². The summed E-state index contributed by atoms with van der Waals surface area (Å²) < 4.78 is 0. The second-order valence-electron chi connectivity index (χ2n) is 10.4. The second-order valence-corrected chi connectivity index (χ2v) is 10.4. The number of hydrogen-bond acceptors (Lipinski definition) is 5. The van der Waals surface area contributed by atoms with Crippen LogP contribution in [0, 0.1) is 5.92 Å². The van der Waals surface area contributed by atoms with Crippen LogP contribution in [-0.4, -0.2) is 46.8 Å². The fraction of sp³-hybridized carbons (Fsp3) is 0.345. The summed E-state index contributed by atoms with van der Waals surface area (Å²) in [6, 6.07) is 19.1. The predicted octanol–water partition coefficient (Wildman–Crippen LogP) is 4.94. The van der Waals surface area contributed by atoms with Crippen molar-refractivity contribution < 1.29 is 9.59 Å². The zero-order valence-corrected chi connectivity index (χ0v) is 21.1. The molecule has 2 N–H and O–H groups in total. The molecule has 0 atom stereocenters. The quantitative estimate of drug-likeness (QED) is 0.520. The van der Waals surface area contributed by atoms with Crippen LogP contribution in [0.1, 0.15) is 58.5 Å². The number of carbonyl (C=O) groups excluding carboxylic acids is 2. The number of nitrogens with zero attached hydrogens (tertiary/aromatic N) is 3. The van der Waals surface area contributed by atoms with Gasteiger partial charge < -0.3 is 10.2 Å². The van der Waals surface area contributed by atoms with E-state index in [0.717, 1.165) is 24.3 Å². The molecule has 7 nitrogen and oxygen atoms in total. The summed E-state index contributed by atoms with van der Waals surface area (Å²) in [7, 11) is 2.19. The van der Waals surface area contributed by atoms with Crippen molar-refractivity contribution in [1.29, 1.82) is 0 Å². The number of hydrogen-bond donors (Lipinski definition) is 2. The van der Waals surface area contributed by atoms with Gasteiger partial charge in [0.2, 0.25) is 0 Å². The Hall–Kier alpha value is -3.71. The highest BCUT2D eigenvalue weighted by molar-refractivity contribution is 6.08. The van der Waals surface area contributed by atoms with Gasteiger partial charge in [0.1, 0.15) is 0 Å². The van der Waals surface area contributed by atoms with Crippen LogP contribution in [0.25, 0.3) is 0 Å². The zero-order valence-electron chi connectivity index (χ0n) is 21.1. The fourth-order valence-electron chi connectivity index (χ4n) is 5.30. The Morgan fingerprint density at radius 3 is 2.44 bits per heavy atom. The van der Waals surface area contributed by atoms with Crippen molar-refractivity contribution >= 4 is 23.3 Å². The number of nitrogens with one attached hydrogen (secondary N) is 2. The van der Waals surface area contributed by atoms with Gasteiger partial charge in [-0.05, 0) is 85.8 Å². The number of likely N-dealkylation sites (tertiary alicyclic amines) is 1. The van der Waals surface area contributed by atoms with Gasteiger partial charge >= 0.3 is 0 Å². The number of amides is 2. The predicted molar refractivity (Wildman–Crippen MR) is 142 cm³/mol. The molecule has 0 unspecified atom stereocenters. The maximum atomic E-state index is 13.2. The summed E-state index contributed by atoms with van der Waals surface area (Å²) in [5.41, 5.74) is 7.11. The number of anilines is 2. The number of aromatic nitrogens is 1. The molecular formula is C29H33N5O2. The minimum absolute atomic E-state index is 0.0735. The van der Waals surface area contributed by atoms with E-state index < -0.39 is 0 Å². The number of hydrazine groups is 1. The SMILES string of the molecule is CN1CCC(C(C)(C)c2ccc(NC(=O)c3cccnc3NN3Cc4ccccc4C3=O)cc2)CC1. The highest BCUT2D eigenvalue weighted by Gasteiger charge is 2.33. The van der Waals surface area contributed by atoms with Crippen LogP contribution in [-0.2, 0) is 12.0 Å². The van der Waals surface area contributed by atoms with Gasteiger partial charge in [-0.1, -0.05) is 44.2 Å². The van der Waals surface area contributed by atoms with Crippen molar-refractivity contribution in [3.05, 3.63) is 89.1 Å². The zero-order chi connectivity index (χ0) is 25.3. The van der Waals surface area contributed by atoms with E-state index in [1.54, 1.807) is 18.3 Å². The molecule has 0 aliphatic carbocycles. The number of carbonyl (C=O) groups is 2. The lowest BCUT2D eigenvalue weighted by atomic mass is 9.69. The molecule has 2 aliphatic heterocycles. The van der Waals surface area contributed by atoms with Crippen LogP contribution in [0.4, 0.5) is 11.5 Å². The Morgan fingerprint density at radius 1 is 1.00 bits per heavy atom. The first-order valence-electron chi connectivity index (χ1n) is 12.5. The average Bonchev–Trinajstić information content (AvgIpc) is 3.20. The van der Waals surface area contributed by atoms with Crippen LogP contribution in [0.2, 0.25) is 0 Å². The van der Waals surface area contributed by atoms with Crippen LogP contribution < -0.4 is 10.7 Å². The van der Waals surface area contributed by atoms with E-state index in [1.807, 2.05) is 36.4 Å². The van der Waals surface area contributed by atoms with E-state index in [-0.39, 0.29) is 17.2 Å². The molecule has 2 aromatic carbocycles. The third-order valence-corrected chi connectivity index (χ3v) is 7.74. The van der Waals surface area contributed by atoms with Gasteiger partial charge in [-0.2, -0.15) is 0 Å². The molecule has 186 valence electrons. The molecule has 0 radical (unpaired) electrons. The number of piperidine rings is 1. The van der Waals surface area contributed by atoms with Crippen molar-refractivity contribution in [2.24, 2.45) is 5.92 Å². The molecule has 2 aliphatic rings. The van der Waals surface area contributed by atoms with E-state index in [1.165, 1.54) is 23.4 Å². The molecule has 0 saturated carbocycles. The second kappa shape index (κ2) is 9.74. The monoisotopic (exact) mass is 483 g/mol. The molecule has 7 heteroatoms. The molecule has 2 amide bonds. The molecule has 1 saturated heterocycles. The average molecular weight is 484 g/mol. The fourth-order valence-corrected chi connectivity index (χ4v) is 5.30. The van der Waals surface area contributed by atoms with Crippen LogP contribution in [0.5, 0.6) is 0 Å². The van der Waals surface area contributed by atoms with Crippen molar-refractivity contribution in [3.8, 4) is 0 Å². The van der Waals surface area contributed by atoms with Crippen LogP contribution in [0.15, 0.2) is 66.9 Å². The molecular weight excluding hydrogens is 450 g/mol. The first kappa shape index (κ1) is 24.0. The van der Waals surface area contributed by atoms with Crippen molar-refractivity contribution in [2.45, 2.75) is 38.6 Å². The van der Waals surface area contributed by atoms with E-state index >= 15 is 0 Å². The van der Waals surface area contributed by atoms with Crippen molar-refractivity contribution in [3.63, 3.8) is 0 Å². The summed E-state index contributed by atoms with van der Waals surface area (Å²) in [6.45, 7) is 7.34. The van der Waals surface area contributed by atoms with E-state index in [4.69, 9.17) is 0 Å². The molecule has 0 spiro atoms. The Labute approximate surface area is 212 Å². The summed E-state index contributed by atoms with van der Waals surface area (Å²) >= 11 is 0. The standard InChI is InChI=1S/C29H33N5O2/c1-29(2,22-14-17-33(3)18-15-22)21-10-12-23(13-11-21)31-27(35)25-9-6-16-30-26(25)32-34-19-20-7-4-5-8-24(20)28(34)36/h4-13,16,22H,14-15,17-19H2,1-3H3,(H,30,32)(H,31,35). The maximum absolute atomic E-state index is 13.2. The van der Waals surface area contributed by atoms with Gasteiger partial charge in [0, 0.05) is 17.4 Å². The molecule has 0 bridgehead atoms. The van der Waals surface area contributed by atoms with Crippen molar-refractivity contribution in [1.82, 2.24) is 14.9 Å². The lowest BCUT2D eigenvalue weighted by molar-refractivity contribution is 0.0812. The van der Waals surface area contributed by atoms with Gasteiger partial charge in [-0.3, -0.25) is 15.0 Å². The Bertz CT molecular complexity index is 1260. The summed E-state index contributed by atoms with van der Waals surface area (Å²) in [4.78, 5) is 32.6. The maximum Gasteiger partial charge on any atom is 0.272 e. The van der Waals surface area contributed by atoms with Crippen molar-refractivity contribution in [2.75, 3.05) is 30.9 Å². The lowest BCUT2D eigenvalue weighted by Gasteiger charge is -2.40. The normalized spacial score (nSPS) is 16.6. The largest absolute Gasteiger partial charge is 0.322 e. The van der Waals surface area contributed by atoms with Gasteiger partial charge in [-0.15, -0.1) is 0 Å². The first-order chi connectivity index (χ1) is 17.3. The number of benzene rings is 2. The highest BCUT2D eigenvalue weighted by atomic mass is 16.2. The Kier molecular flexibility index (Phi) is 6.49. The number of fused-ring (bicyclic) bond motifs is 1. The van der Waals surface area contributed by atoms with Crippen LogP contribution in [0.3, 0.4) is 0 Å². The van der Waals surface area contributed by atoms with E-state index in [0.29, 0.717) is 29.4 Å². The molecule has 36 heavy (non-hydrogen) atoms. The minimum atomic E-state index is -0.280. The van der Waals surface area contributed by atoms with E-state index in [2.05, 4.69) is 53.7 Å². The highest BCUT2D eigenvalue weighted by Crippen LogP contribution is 2.38. The van der Waals surface area contributed by atoms with Gasteiger partial charge in [0.25, 0.3) is 11.8 Å². The summed E-state index contributed by atoms with van der Waals surface area (Å²) in [6.07, 6.45) is 4.00. The molecule has 3 aromatic rings. The minimum Gasteiger partial charge on any atom is -0.322 e. The molecule has 1 fully saturated rings. The molecule has 5 rings (SSSR count). The van der Waals surface area contributed by atoms with E-state index in [9.17, 15) is 9.59 Å². The lowest BCUT2D eigenvalue weighted by Crippen LogP contribution is -2.39. The third-order valence-electron chi connectivity index (χ3n) is 7.74. The smallest absolute Gasteiger partial charge is 0.272 e. The number of rotatable bonds is 6. The van der Waals surface area contributed by atoms with Gasteiger partial charge in [0.05, 0.1) is 12.1 Å². The Morgan fingerprint density at radius 2 is 1.72 bits per heavy atom. The van der Waals surface area contributed by atoms with Gasteiger partial charge in [-0.25, -0.2) is 9.99 Å². The molecule has 3 heterocycles. The summed E-state index contributed by atoms with van der Waals surface area (Å²) in [5.74, 6) is 0.566. The first-order valence-corrected chi connectivity index (χ1v) is 12.5. The topological polar surface area (TPSA) is 77.6 Å².